The molecule has 124 valence electrons. The molecule has 5 heteroatoms. The van der Waals surface area contributed by atoms with Crippen LogP contribution in [0, 0.1) is 11.3 Å². The SMILES string of the molecule is CC(NC(=O)c1ccc(Cl)[nH]1)c1ccc(-c2cccc(C#N)c2)cc1. The smallest absolute Gasteiger partial charge is 0.268 e. The molecule has 2 aromatic carbocycles. The number of H-pyrrole nitrogens is 1. The van der Waals surface area contributed by atoms with Crippen LogP contribution in [0.15, 0.2) is 60.7 Å². The number of hydrogen-bond donors (Lipinski definition) is 2. The Hall–Kier alpha value is -3.03. The van der Waals surface area contributed by atoms with Gasteiger partial charge in [0.1, 0.15) is 10.8 Å². The Morgan fingerprint density at radius 3 is 2.52 bits per heavy atom. The zero-order valence-electron chi connectivity index (χ0n) is 13.6. The lowest BCUT2D eigenvalue weighted by Crippen LogP contribution is -2.26. The molecule has 1 aromatic heterocycles. The van der Waals surface area contributed by atoms with Gasteiger partial charge in [-0.25, -0.2) is 0 Å². The van der Waals surface area contributed by atoms with E-state index in [9.17, 15) is 4.79 Å². The van der Waals surface area contributed by atoms with Gasteiger partial charge < -0.3 is 10.3 Å². The first kappa shape index (κ1) is 16.8. The van der Waals surface area contributed by atoms with E-state index in [1.807, 2.05) is 49.4 Å². The highest BCUT2D eigenvalue weighted by Crippen LogP contribution is 2.23. The molecule has 3 aromatic rings. The third-order valence-corrected chi connectivity index (χ3v) is 4.20. The average molecular weight is 350 g/mol. The topological polar surface area (TPSA) is 68.7 Å². The normalized spacial score (nSPS) is 11.6. The van der Waals surface area contributed by atoms with E-state index in [1.54, 1.807) is 18.2 Å². The van der Waals surface area contributed by atoms with Crippen LogP contribution in [-0.2, 0) is 0 Å². The first-order valence-corrected chi connectivity index (χ1v) is 8.20. The molecular formula is C20H16ClN3O. The van der Waals surface area contributed by atoms with Gasteiger partial charge in [0, 0.05) is 0 Å². The van der Waals surface area contributed by atoms with E-state index in [2.05, 4.69) is 16.4 Å². The molecule has 0 fully saturated rings. The Balaban J connectivity index is 1.73. The van der Waals surface area contributed by atoms with Crippen molar-refractivity contribution in [2.24, 2.45) is 0 Å². The second-order valence-corrected chi connectivity index (χ2v) is 6.14. The minimum absolute atomic E-state index is 0.144. The molecular weight excluding hydrogens is 334 g/mol. The molecule has 1 amide bonds. The van der Waals surface area contributed by atoms with Crippen molar-refractivity contribution in [1.82, 2.24) is 10.3 Å². The molecule has 0 aliphatic carbocycles. The molecule has 0 spiro atoms. The first-order chi connectivity index (χ1) is 12.1. The minimum Gasteiger partial charge on any atom is -0.344 e. The summed E-state index contributed by atoms with van der Waals surface area (Å²) in [5, 5.41) is 12.4. The Bertz CT molecular complexity index is 938. The average Bonchev–Trinajstić information content (AvgIpc) is 3.08. The third kappa shape index (κ3) is 3.90. The van der Waals surface area contributed by atoms with Gasteiger partial charge in [0.25, 0.3) is 5.91 Å². The van der Waals surface area contributed by atoms with E-state index in [-0.39, 0.29) is 11.9 Å². The van der Waals surface area contributed by atoms with Gasteiger partial charge in [-0.1, -0.05) is 48.0 Å². The summed E-state index contributed by atoms with van der Waals surface area (Å²) in [7, 11) is 0. The lowest BCUT2D eigenvalue weighted by atomic mass is 10.00. The molecule has 0 saturated carbocycles. The summed E-state index contributed by atoms with van der Waals surface area (Å²) >= 11 is 5.80. The fraction of sp³-hybridized carbons (Fsp3) is 0.100. The van der Waals surface area contributed by atoms with E-state index in [1.165, 1.54) is 0 Å². The van der Waals surface area contributed by atoms with Crippen LogP contribution in [0.1, 0.15) is 34.6 Å². The number of benzene rings is 2. The highest BCUT2D eigenvalue weighted by molar-refractivity contribution is 6.29. The maximum absolute atomic E-state index is 12.2. The number of aromatic amines is 1. The summed E-state index contributed by atoms with van der Waals surface area (Å²) in [6, 6.07) is 20.7. The molecule has 25 heavy (non-hydrogen) atoms. The van der Waals surface area contributed by atoms with Crippen LogP contribution in [0.5, 0.6) is 0 Å². The number of nitrogens with zero attached hydrogens (tertiary/aromatic N) is 1. The number of carbonyl (C=O) groups is 1. The minimum atomic E-state index is -0.204. The van der Waals surface area contributed by atoms with Crippen molar-refractivity contribution in [3.05, 3.63) is 82.6 Å². The van der Waals surface area contributed by atoms with E-state index in [4.69, 9.17) is 16.9 Å². The highest BCUT2D eigenvalue weighted by atomic mass is 35.5. The van der Waals surface area contributed by atoms with Crippen molar-refractivity contribution in [2.45, 2.75) is 13.0 Å². The molecule has 1 heterocycles. The molecule has 1 atom stereocenters. The molecule has 3 rings (SSSR count). The van der Waals surface area contributed by atoms with Gasteiger partial charge in [-0.15, -0.1) is 0 Å². The Morgan fingerprint density at radius 2 is 1.88 bits per heavy atom. The molecule has 0 aliphatic heterocycles. The lowest BCUT2D eigenvalue weighted by Gasteiger charge is -2.14. The van der Waals surface area contributed by atoms with Gasteiger partial charge in [0.15, 0.2) is 0 Å². The summed E-state index contributed by atoms with van der Waals surface area (Å²) in [5.41, 5.74) is 4.07. The van der Waals surface area contributed by atoms with Crippen LogP contribution >= 0.6 is 11.6 Å². The van der Waals surface area contributed by atoms with Crippen LogP contribution in [-0.4, -0.2) is 10.9 Å². The summed E-state index contributed by atoms with van der Waals surface area (Å²) in [6.07, 6.45) is 0. The highest BCUT2D eigenvalue weighted by Gasteiger charge is 2.13. The van der Waals surface area contributed by atoms with Crippen molar-refractivity contribution < 1.29 is 4.79 Å². The summed E-state index contributed by atoms with van der Waals surface area (Å²) in [5.74, 6) is -0.204. The first-order valence-electron chi connectivity index (χ1n) is 7.82. The van der Waals surface area contributed by atoms with Crippen LogP contribution < -0.4 is 5.32 Å². The van der Waals surface area contributed by atoms with Gasteiger partial charge in [0.2, 0.25) is 0 Å². The fourth-order valence-corrected chi connectivity index (χ4v) is 2.76. The van der Waals surface area contributed by atoms with E-state index in [0.717, 1.165) is 16.7 Å². The van der Waals surface area contributed by atoms with Crippen LogP contribution in [0.4, 0.5) is 0 Å². The zero-order valence-corrected chi connectivity index (χ0v) is 14.3. The second-order valence-electron chi connectivity index (χ2n) is 5.73. The van der Waals surface area contributed by atoms with E-state index >= 15 is 0 Å². The maximum Gasteiger partial charge on any atom is 0.268 e. The molecule has 0 radical (unpaired) electrons. The molecule has 1 unspecified atom stereocenters. The summed E-state index contributed by atoms with van der Waals surface area (Å²) < 4.78 is 0. The van der Waals surface area contributed by atoms with E-state index < -0.39 is 0 Å². The summed E-state index contributed by atoms with van der Waals surface area (Å²) in [6.45, 7) is 1.92. The number of hydrogen-bond acceptors (Lipinski definition) is 2. The number of nitriles is 1. The number of halogens is 1. The lowest BCUT2D eigenvalue weighted by molar-refractivity contribution is 0.0935. The summed E-state index contributed by atoms with van der Waals surface area (Å²) in [4.78, 5) is 15.0. The van der Waals surface area contributed by atoms with Crippen LogP contribution in [0.25, 0.3) is 11.1 Å². The second kappa shape index (κ2) is 7.25. The predicted octanol–water partition coefficient (Wildman–Crippen LogP) is 4.70. The number of amides is 1. The number of aromatic nitrogens is 1. The predicted molar refractivity (Wildman–Crippen MR) is 98.3 cm³/mol. The zero-order chi connectivity index (χ0) is 17.8. The Labute approximate surface area is 151 Å². The van der Waals surface area contributed by atoms with Crippen molar-refractivity contribution in [2.75, 3.05) is 0 Å². The van der Waals surface area contributed by atoms with Crippen molar-refractivity contribution in [1.29, 1.82) is 5.26 Å². The molecule has 2 N–H and O–H groups in total. The molecule has 0 saturated heterocycles. The van der Waals surface area contributed by atoms with Gasteiger partial charge >= 0.3 is 0 Å². The Morgan fingerprint density at radius 1 is 1.12 bits per heavy atom. The maximum atomic E-state index is 12.2. The largest absolute Gasteiger partial charge is 0.344 e. The van der Waals surface area contributed by atoms with Crippen molar-refractivity contribution in [3.8, 4) is 17.2 Å². The third-order valence-electron chi connectivity index (χ3n) is 3.98. The fourth-order valence-electron chi connectivity index (χ4n) is 2.59. The van der Waals surface area contributed by atoms with Crippen molar-refractivity contribution >= 4 is 17.5 Å². The van der Waals surface area contributed by atoms with Gasteiger partial charge in [-0.3, -0.25) is 4.79 Å². The standard InChI is InChI=1S/C20H16ClN3O/c1-13(23-20(25)18-9-10-19(21)24-18)15-5-7-16(8-6-15)17-4-2-3-14(11-17)12-22/h2-11,13,24H,1H3,(H,23,25). The monoisotopic (exact) mass is 349 g/mol. The van der Waals surface area contributed by atoms with Gasteiger partial charge in [-0.2, -0.15) is 5.26 Å². The number of nitrogens with one attached hydrogen (secondary N) is 2. The van der Waals surface area contributed by atoms with Crippen molar-refractivity contribution in [3.63, 3.8) is 0 Å². The van der Waals surface area contributed by atoms with E-state index in [0.29, 0.717) is 16.4 Å². The molecule has 0 aliphatic rings. The molecule has 4 nitrogen and oxygen atoms in total. The molecule has 0 bridgehead atoms. The number of rotatable bonds is 4. The number of carbonyl (C=O) groups excluding carboxylic acids is 1. The van der Waals surface area contributed by atoms with Crippen LogP contribution in [0.2, 0.25) is 5.15 Å². The van der Waals surface area contributed by atoms with Gasteiger partial charge in [-0.05, 0) is 47.9 Å². The van der Waals surface area contributed by atoms with Crippen LogP contribution in [0.3, 0.4) is 0 Å². The quantitative estimate of drug-likeness (QED) is 0.717. The van der Waals surface area contributed by atoms with Gasteiger partial charge in [0.05, 0.1) is 17.7 Å². The Kier molecular flexibility index (Phi) is 4.87.